The summed E-state index contributed by atoms with van der Waals surface area (Å²) in [6.45, 7) is 1.84. The molecule has 0 amide bonds. The minimum atomic E-state index is -0.271. The van der Waals surface area contributed by atoms with Crippen molar-refractivity contribution in [2.24, 2.45) is 0 Å². The van der Waals surface area contributed by atoms with Crippen LogP contribution in [-0.2, 0) is 0 Å². The number of halogens is 1. The Balaban J connectivity index is 1.81. The molecule has 1 aliphatic carbocycles. The highest BCUT2D eigenvalue weighted by Gasteiger charge is 2.21. The van der Waals surface area contributed by atoms with Gasteiger partial charge in [0.25, 0.3) is 0 Å². The van der Waals surface area contributed by atoms with Crippen molar-refractivity contribution in [2.75, 3.05) is 10.6 Å². The molecule has 0 spiro atoms. The van der Waals surface area contributed by atoms with Crippen LogP contribution in [0.15, 0.2) is 30.3 Å². The normalized spacial score (nSPS) is 14.2. The van der Waals surface area contributed by atoms with Crippen LogP contribution >= 0.6 is 0 Å². The van der Waals surface area contributed by atoms with Gasteiger partial charge in [0.1, 0.15) is 23.3 Å². The molecule has 2 aromatic rings. The van der Waals surface area contributed by atoms with Crippen molar-refractivity contribution in [1.82, 2.24) is 9.97 Å². The van der Waals surface area contributed by atoms with Gasteiger partial charge in [-0.3, -0.25) is 0 Å². The van der Waals surface area contributed by atoms with Crippen molar-refractivity contribution in [2.45, 2.75) is 25.8 Å². The zero-order valence-corrected chi connectivity index (χ0v) is 10.7. The van der Waals surface area contributed by atoms with Crippen LogP contribution in [0, 0.1) is 12.7 Å². The average Bonchev–Trinajstić information content (AvgIpc) is 3.12. The van der Waals surface area contributed by atoms with Gasteiger partial charge in [0.2, 0.25) is 0 Å². The molecule has 1 saturated carbocycles. The van der Waals surface area contributed by atoms with Crippen molar-refractivity contribution >= 4 is 17.3 Å². The van der Waals surface area contributed by atoms with E-state index in [1.54, 1.807) is 12.1 Å². The molecule has 0 radical (unpaired) electrons. The highest BCUT2D eigenvalue weighted by molar-refractivity contribution is 5.59. The molecule has 0 saturated heterocycles. The van der Waals surface area contributed by atoms with E-state index in [0.717, 1.165) is 5.82 Å². The second kappa shape index (κ2) is 4.84. The molecule has 98 valence electrons. The molecular formula is C14H15FN4. The van der Waals surface area contributed by atoms with Crippen LogP contribution in [0.2, 0.25) is 0 Å². The summed E-state index contributed by atoms with van der Waals surface area (Å²) in [5.41, 5.74) is 0.676. The van der Waals surface area contributed by atoms with Crippen molar-refractivity contribution in [3.63, 3.8) is 0 Å². The van der Waals surface area contributed by atoms with Gasteiger partial charge in [0, 0.05) is 17.8 Å². The van der Waals surface area contributed by atoms with Gasteiger partial charge in [-0.15, -0.1) is 0 Å². The maximum Gasteiger partial charge on any atom is 0.136 e. The fourth-order valence-corrected chi connectivity index (χ4v) is 1.86. The topological polar surface area (TPSA) is 49.8 Å². The standard InChI is InChI=1S/C14H15FN4/c1-9-16-13(18-11-5-6-11)8-14(17-9)19-12-4-2-3-10(15)7-12/h2-4,7-8,11H,5-6H2,1H3,(H2,16,17,18,19). The predicted octanol–water partition coefficient (Wildman–Crippen LogP) is 3.24. The fourth-order valence-electron chi connectivity index (χ4n) is 1.86. The van der Waals surface area contributed by atoms with Gasteiger partial charge >= 0.3 is 0 Å². The first-order chi connectivity index (χ1) is 9.19. The monoisotopic (exact) mass is 258 g/mol. The molecule has 1 fully saturated rings. The zero-order chi connectivity index (χ0) is 13.2. The van der Waals surface area contributed by atoms with Crippen LogP contribution in [-0.4, -0.2) is 16.0 Å². The van der Waals surface area contributed by atoms with Gasteiger partial charge in [-0.25, -0.2) is 14.4 Å². The predicted molar refractivity (Wildman–Crippen MR) is 73.1 cm³/mol. The van der Waals surface area contributed by atoms with E-state index in [9.17, 15) is 4.39 Å². The van der Waals surface area contributed by atoms with Crippen LogP contribution < -0.4 is 10.6 Å². The molecular weight excluding hydrogens is 243 g/mol. The summed E-state index contributed by atoms with van der Waals surface area (Å²) in [6, 6.07) is 8.69. The smallest absolute Gasteiger partial charge is 0.136 e. The SMILES string of the molecule is Cc1nc(Nc2cccc(F)c2)cc(NC2CC2)n1. The molecule has 5 heteroatoms. The lowest BCUT2D eigenvalue weighted by molar-refractivity contribution is 0.628. The van der Waals surface area contributed by atoms with Gasteiger partial charge in [-0.1, -0.05) is 6.07 Å². The highest BCUT2D eigenvalue weighted by atomic mass is 19.1. The lowest BCUT2D eigenvalue weighted by Gasteiger charge is -2.09. The Labute approximate surface area is 111 Å². The highest BCUT2D eigenvalue weighted by Crippen LogP contribution is 2.25. The van der Waals surface area contributed by atoms with Gasteiger partial charge in [0.05, 0.1) is 0 Å². The maximum atomic E-state index is 13.1. The largest absolute Gasteiger partial charge is 0.367 e. The molecule has 0 bridgehead atoms. The van der Waals surface area contributed by atoms with Crippen LogP contribution in [0.5, 0.6) is 0 Å². The quantitative estimate of drug-likeness (QED) is 0.884. The number of nitrogens with one attached hydrogen (secondary N) is 2. The third-order valence-electron chi connectivity index (χ3n) is 2.86. The molecule has 1 aliphatic rings. The number of hydrogen-bond acceptors (Lipinski definition) is 4. The Hall–Kier alpha value is -2.17. The van der Waals surface area contributed by atoms with Crippen LogP contribution in [0.3, 0.4) is 0 Å². The molecule has 3 rings (SSSR count). The summed E-state index contributed by atoms with van der Waals surface area (Å²) in [5, 5.41) is 6.42. The molecule has 4 nitrogen and oxygen atoms in total. The summed E-state index contributed by atoms with van der Waals surface area (Å²) in [5.74, 6) is 1.90. The second-order valence-electron chi connectivity index (χ2n) is 4.74. The number of benzene rings is 1. The van der Waals surface area contributed by atoms with Crippen LogP contribution in [0.1, 0.15) is 18.7 Å². The molecule has 19 heavy (non-hydrogen) atoms. The van der Waals surface area contributed by atoms with E-state index in [1.807, 2.05) is 13.0 Å². The first kappa shape index (κ1) is 11.9. The van der Waals surface area contributed by atoms with Crippen molar-refractivity contribution < 1.29 is 4.39 Å². The van der Waals surface area contributed by atoms with Crippen molar-refractivity contribution in [3.8, 4) is 0 Å². The summed E-state index contributed by atoms with van der Waals surface area (Å²) < 4.78 is 13.1. The molecule has 1 heterocycles. The molecule has 0 unspecified atom stereocenters. The summed E-state index contributed by atoms with van der Waals surface area (Å²) in [6.07, 6.45) is 2.38. The first-order valence-corrected chi connectivity index (χ1v) is 6.34. The number of hydrogen-bond donors (Lipinski definition) is 2. The average molecular weight is 258 g/mol. The van der Waals surface area contributed by atoms with E-state index in [2.05, 4.69) is 20.6 Å². The third kappa shape index (κ3) is 3.19. The fraction of sp³-hybridized carbons (Fsp3) is 0.286. The van der Waals surface area contributed by atoms with Gasteiger partial charge in [-0.05, 0) is 38.0 Å². The lowest BCUT2D eigenvalue weighted by atomic mass is 10.3. The number of anilines is 3. The summed E-state index contributed by atoms with van der Waals surface area (Å²) >= 11 is 0. The minimum absolute atomic E-state index is 0.271. The Bertz CT molecular complexity index is 596. The van der Waals surface area contributed by atoms with E-state index < -0.39 is 0 Å². The van der Waals surface area contributed by atoms with Crippen molar-refractivity contribution in [1.29, 1.82) is 0 Å². The van der Waals surface area contributed by atoms with Crippen molar-refractivity contribution in [3.05, 3.63) is 42.0 Å². The molecule has 0 aliphatic heterocycles. The summed E-state index contributed by atoms with van der Waals surface area (Å²) in [4.78, 5) is 8.64. The first-order valence-electron chi connectivity index (χ1n) is 6.34. The maximum absolute atomic E-state index is 13.1. The Morgan fingerprint density at radius 1 is 1.16 bits per heavy atom. The Kier molecular flexibility index (Phi) is 3.03. The van der Waals surface area contributed by atoms with Crippen LogP contribution in [0.4, 0.5) is 21.7 Å². The Morgan fingerprint density at radius 3 is 2.68 bits per heavy atom. The van der Waals surface area contributed by atoms with Gasteiger partial charge in [-0.2, -0.15) is 0 Å². The molecule has 2 N–H and O–H groups in total. The van der Waals surface area contributed by atoms with E-state index in [1.165, 1.54) is 25.0 Å². The van der Waals surface area contributed by atoms with Gasteiger partial charge < -0.3 is 10.6 Å². The third-order valence-corrected chi connectivity index (χ3v) is 2.86. The second-order valence-corrected chi connectivity index (χ2v) is 4.74. The van der Waals surface area contributed by atoms with E-state index in [0.29, 0.717) is 23.4 Å². The number of aromatic nitrogens is 2. The summed E-state index contributed by atoms with van der Waals surface area (Å²) in [7, 11) is 0. The van der Waals surface area contributed by atoms with E-state index in [4.69, 9.17) is 0 Å². The minimum Gasteiger partial charge on any atom is -0.367 e. The molecule has 1 aromatic heterocycles. The Morgan fingerprint density at radius 2 is 1.95 bits per heavy atom. The molecule has 0 atom stereocenters. The van der Waals surface area contributed by atoms with Gasteiger partial charge in [0.15, 0.2) is 0 Å². The van der Waals surface area contributed by atoms with E-state index in [-0.39, 0.29) is 5.82 Å². The molecule has 1 aromatic carbocycles. The van der Waals surface area contributed by atoms with E-state index >= 15 is 0 Å². The number of aryl methyl sites for hydroxylation is 1. The number of rotatable bonds is 4. The zero-order valence-electron chi connectivity index (χ0n) is 10.7. The van der Waals surface area contributed by atoms with Crippen LogP contribution in [0.25, 0.3) is 0 Å². The number of nitrogens with zero attached hydrogens (tertiary/aromatic N) is 2. The lowest BCUT2D eigenvalue weighted by Crippen LogP contribution is -2.06.